The number of allylic oxidation sites excluding steroid dienone is 2. The monoisotopic (exact) mass is 478 g/mol. The lowest BCUT2D eigenvalue weighted by molar-refractivity contribution is -0.116. The van der Waals surface area contributed by atoms with Crippen molar-refractivity contribution in [2.24, 2.45) is 0 Å². The Labute approximate surface area is 209 Å². The van der Waals surface area contributed by atoms with Gasteiger partial charge in [0.2, 0.25) is 5.95 Å². The van der Waals surface area contributed by atoms with Crippen molar-refractivity contribution in [3.63, 3.8) is 0 Å². The van der Waals surface area contributed by atoms with E-state index in [-0.39, 0.29) is 11.8 Å². The summed E-state index contributed by atoms with van der Waals surface area (Å²) < 4.78 is 13.1. The molecule has 7 heteroatoms. The van der Waals surface area contributed by atoms with E-state index < -0.39 is 0 Å². The average molecular weight is 479 g/mol. The van der Waals surface area contributed by atoms with E-state index in [2.05, 4.69) is 5.32 Å². The number of methoxy groups -OCH3 is 1. The summed E-state index contributed by atoms with van der Waals surface area (Å²) in [5, 5.41) is 8.23. The molecule has 0 spiro atoms. The second-order valence-electron chi connectivity index (χ2n) is 8.97. The number of Topliss-reactive ketones (excluding diaryl/α,β-unsaturated/α-hetero) is 1. The number of aromatic nitrogens is 3. The third kappa shape index (κ3) is 4.13. The second-order valence-corrected chi connectivity index (χ2v) is 8.97. The molecule has 1 aliphatic carbocycles. The summed E-state index contributed by atoms with van der Waals surface area (Å²) >= 11 is 0. The lowest BCUT2D eigenvalue weighted by atomic mass is 9.85. The van der Waals surface area contributed by atoms with Gasteiger partial charge in [-0.15, -0.1) is 5.10 Å². The van der Waals surface area contributed by atoms with Gasteiger partial charge in [-0.05, 0) is 60.4 Å². The molecule has 36 heavy (non-hydrogen) atoms. The molecule has 0 amide bonds. The van der Waals surface area contributed by atoms with Gasteiger partial charge >= 0.3 is 0 Å². The first kappa shape index (κ1) is 22.1. The number of carbonyl (C=O) groups is 1. The zero-order chi connectivity index (χ0) is 24.5. The maximum atomic E-state index is 13.1. The van der Waals surface area contributed by atoms with Crippen LogP contribution in [0, 0.1) is 0 Å². The van der Waals surface area contributed by atoms with Crippen LogP contribution in [-0.4, -0.2) is 27.7 Å². The number of nitrogens with zero attached hydrogens (tertiary/aromatic N) is 3. The van der Waals surface area contributed by atoms with Crippen molar-refractivity contribution in [3.8, 4) is 22.9 Å². The molecule has 7 nitrogen and oxygen atoms in total. The van der Waals surface area contributed by atoms with Gasteiger partial charge in [-0.3, -0.25) is 4.79 Å². The minimum absolute atomic E-state index is 0.158. The first-order valence-corrected chi connectivity index (χ1v) is 12.1. The van der Waals surface area contributed by atoms with Gasteiger partial charge in [0.05, 0.1) is 7.11 Å². The van der Waals surface area contributed by atoms with Crippen LogP contribution in [0.1, 0.15) is 36.4 Å². The predicted molar refractivity (Wildman–Crippen MR) is 137 cm³/mol. The van der Waals surface area contributed by atoms with E-state index in [1.165, 1.54) is 0 Å². The van der Waals surface area contributed by atoms with Crippen molar-refractivity contribution in [2.45, 2.75) is 31.9 Å². The molecule has 1 aliphatic heterocycles. The minimum Gasteiger partial charge on any atom is -0.497 e. The standard InChI is InChI=1S/C29H26N4O3/c1-35-22-14-12-21(13-15-22)28-31-29-30-24-8-5-9-25(34)26(24)27(33(29)32-28)20-10-16-23(17-11-20)36-18-19-6-3-2-4-7-19/h2-4,6-7,10-17,27H,5,8-9,18H2,1H3,(H,30,31,32). The van der Waals surface area contributed by atoms with E-state index in [4.69, 9.17) is 19.6 Å². The molecule has 0 saturated heterocycles. The number of hydrogen-bond acceptors (Lipinski definition) is 6. The van der Waals surface area contributed by atoms with Crippen molar-refractivity contribution in [1.82, 2.24) is 14.8 Å². The number of carbonyl (C=O) groups excluding carboxylic acids is 1. The quantitative estimate of drug-likeness (QED) is 0.391. The maximum absolute atomic E-state index is 13.1. The molecule has 4 aromatic rings. The van der Waals surface area contributed by atoms with Crippen LogP contribution in [0.2, 0.25) is 0 Å². The predicted octanol–water partition coefficient (Wildman–Crippen LogP) is 5.55. The summed E-state index contributed by atoms with van der Waals surface area (Å²) in [5.74, 6) is 2.95. The normalized spacial score (nSPS) is 16.7. The summed E-state index contributed by atoms with van der Waals surface area (Å²) in [6, 6.07) is 25.3. The molecular weight excluding hydrogens is 452 g/mol. The molecule has 1 atom stereocenters. The van der Waals surface area contributed by atoms with Crippen molar-refractivity contribution in [3.05, 3.63) is 101 Å². The minimum atomic E-state index is -0.341. The van der Waals surface area contributed by atoms with Crippen molar-refractivity contribution in [2.75, 3.05) is 12.4 Å². The molecule has 0 bridgehead atoms. The zero-order valence-electron chi connectivity index (χ0n) is 20.0. The Bertz CT molecular complexity index is 1420. The Hall–Kier alpha value is -4.39. The number of benzene rings is 3. The van der Waals surface area contributed by atoms with Gasteiger partial charge in [0.1, 0.15) is 24.1 Å². The van der Waals surface area contributed by atoms with E-state index in [1.54, 1.807) is 7.11 Å². The number of hydrogen-bond donors (Lipinski definition) is 1. The molecule has 0 radical (unpaired) electrons. The van der Waals surface area contributed by atoms with Crippen LogP contribution in [-0.2, 0) is 11.4 Å². The molecule has 1 N–H and O–H groups in total. The van der Waals surface area contributed by atoms with Crippen LogP contribution >= 0.6 is 0 Å². The lowest BCUT2D eigenvalue weighted by Gasteiger charge is -2.32. The van der Waals surface area contributed by atoms with Gasteiger partial charge in [-0.2, -0.15) is 4.98 Å². The van der Waals surface area contributed by atoms with Crippen LogP contribution in [0.3, 0.4) is 0 Å². The van der Waals surface area contributed by atoms with Gasteiger partial charge < -0.3 is 14.8 Å². The fraction of sp³-hybridized carbons (Fsp3) is 0.207. The summed E-state index contributed by atoms with van der Waals surface area (Å²) in [4.78, 5) is 17.9. The second kappa shape index (κ2) is 9.34. The Kier molecular flexibility index (Phi) is 5.73. The fourth-order valence-corrected chi connectivity index (χ4v) is 4.81. The van der Waals surface area contributed by atoms with Crippen LogP contribution < -0.4 is 14.8 Å². The molecule has 6 rings (SSSR count). The molecular formula is C29H26N4O3. The van der Waals surface area contributed by atoms with Crippen molar-refractivity contribution < 1.29 is 14.3 Å². The van der Waals surface area contributed by atoms with E-state index in [9.17, 15) is 4.79 Å². The average Bonchev–Trinajstić information content (AvgIpc) is 3.36. The Morgan fingerprint density at radius 3 is 2.44 bits per heavy atom. The van der Waals surface area contributed by atoms with E-state index >= 15 is 0 Å². The van der Waals surface area contributed by atoms with E-state index in [0.717, 1.165) is 52.3 Å². The van der Waals surface area contributed by atoms with Crippen LogP contribution in [0.4, 0.5) is 5.95 Å². The lowest BCUT2D eigenvalue weighted by Crippen LogP contribution is -2.31. The summed E-state index contributed by atoms with van der Waals surface area (Å²) in [5.41, 5.74) is 4.69. The maximum Gasteiger partial charge on any atom is 0.226 e. The number of nitrogens with one attached hydrogen (secondary N) is 1. The van der Waals surface area contributed by atoms with Gasteiger partial charge in [-0.25, -0.2) is 4.68 Å². The number of fused-ring (bicyclic) bond motifs is 1. The van der Waals surface area contributed by atoms with Gasteiger partial charge in [0.25, 0.3) is 0 Å². The van der Waals surface area contributed by atoms with Gasteiger partial charge in [0, 0.05) is 23.3 Å². The van der Waals surface area contributed by atoms with E-state index in [0.29, 0.717) is 24.8 Å². The van der Waals surface area contributed by atoms with Crippen molar-refractivity contribution >= 4 is 11.7 Å². The largest absolute Gasteiger partial charge is 0.497 e. The first-order valence-electron chi connectivity index (χ1n) is 12.1. The summed E-state index contributed by atoms with van der Waals surface area (Å²) in [7, 11) is 1.64. The van der Waals surface area contributed by atoms with Crippen LogP contribution in [0.15, 0.2) is 90.1 Å². The third-order valence-electron chi connectivity index (χ3n) is 6.66. The summed E-state index contributed by atoms with van der Waals surface area (Å²) in [6.45, 7) is 0.500. The highest BCUT2D eigenvalue weighted by atomic mass is 16.5. The molecule has 1 aromatic heterocycles. The Balaban J connectivity index is 1.34. The zero-order valence-corrected chi connectivity index (χ0v) is 20.0. The molecule has 3 aromatic carbocycles. The molecule has 2 heterocycles. The van der Waals surface area contributed by atoms with Gasteiger partial charge in [0.15, 0.2) is 11.6 Å². The fourth-order valence-electron chi connectivity index (χ4n) is 4.81. The number of ether oxygens (including phenoxy) is 2. The summed E-state index contributed by atoms with van der Waals surface area (Å²) in [6.07, 6.45) is 2.20. The van der Waals surface area contributed by atoms with Crippen LogP contribution in [0.25, 0.3) is 11.4 Å². The smallest absolute Gasteiger partial charge is 0.226 e. The Morgan fingerprint density at radius 2 is 1.69 bits per heavy atom. The number of rotatable bonds is 6. The third-order valence-corrected chi connectivity index (χ3v) is 6.66. The number of anilines is 1. The van der Waals surface area contributed by atoms with Gasteiger partial charge in [-0.1, -0.05) is 42.5 Å². The van der Waals surface area contributed by atoms with E-state index in [1.807, 2.05) is 83.5 Å². The topological polar surface area (TPSA) is 78.3 Å². The first-order chi connectivity index (χ1) is 17.7. The number of ketones is 1. The Morgan fingerprint density at radius 1 is 0.944 bits per heavy atom. The highest BCUT2D eigenvalue weighted by molar-refractivity contribution is 5.99. The van der Waals surface area contributed by atoms with Crippen LogP contribution in [0.5, 0.6) is 11.5 Å². The molecule has 0 saturated carbocycles. The highest BCUT2D eigenvalue weighted by Gasteiger charge is 2.36. The van der Waals surface area contributed by atoms with Crippen molar-refractivity contribution in [1.29, 1.82) is 0 Å². The highest BCUT2D eigenvalue weighted by Crippen LogP contribution is 2.41. The molecule has 0 fully saturated rings. The molecule has 180 valence electrons. The molecule has 1 unspecified atom stereocenters. The molecule has 2 aliphatic rings. The SMILES string of the molecule is COc1ccc(-c2nc3n(n2)C(c2ccc(OCc4ccccc4)cc2)C2=C(CCCC2=O)N3)cc1.